The van der Waals surface area contributed by atoms with Crippen molar-refractivity contribution in [2.45, 2.75) is 46.1 Å². The molecular formula is C24H26N6O2. The van der Waals surface area contributed by atoms with Gasteiger partial charge in [-0.25, -0.2) is 9.67 Å². The molecular weight excluding hydrogens is 404 g/mol. The largest absolute Gasteiger partial charge is 0.345 e. The second-order valence-corrected chi connectivity index (χ2v) is 8.74. The maximum absolute atomic E-state index is 12.8. The Balaban J connectivity index is 1.51. The molecule has 8 heteroatoms. The molecule has 0 aliphatic carbocycles. The summed E-state index contributed by atoms with van der Waals surface area (Å²) in [6.07, 6.45) is 3.22. The van der Waals surface area contributed by atoms with Gasteiger partial charge in [0, 0.05) is 11.6 Å². The Morgan fingerprint density at radius 3 is 2.47 bits per heavy atom. The van der Waals surface area contributed by atoms with Crippen molar-refractivity contribution >= 4 is 5.91 Å². The SMILES string of the molecule is Cc1c(C(=O)N[C@H](C)c2ccccc2)cnn1-c1ccc(-c2nc(C(C)(C)C)no2)cn1. The molecule has 4 rings (SSSR count). The third-order valence-corrected chi connectivity index (χ3v) is 5.21. The normalized spacial score (nSPS) is 12.5. The van der Waals surface area contributed by atoms with Gasteiger partial charge in [-0.15, -0.1) is 0 Å². The van der Waals surface area contributed by atoms with Crippen molar-refractivity contribution in [2.75, 3.05) is 0 Å². The highest BCUT2D eigenvalue weighted by Gasteiger charge is 2.22. The van der Waals surface area contributed by atoms with Crippen LogP contribution in [-0.4, -0.2) is 30.8 Å². The van der Waals surface area contributed by atoms with Gasteiger partial charge in [-0.3, -0.25) is 4.79 Å². The number of hydrogen-bond acceptors (Lipinski definition) is 6. The maximum atomic E-state index is 12.8. The minimum Gasteiger partial charge on any atom is -0.345 e. The van der Waals surface area contributed by atoms with E-state index in [-0.39, 0.29) is 17.4 Å². The van der Waals surface area contributed by atoms with Crippen LogP contribution in [0.1, 0.15) is 61.2 Å². The highest BCUT2D eigenvalue weighted by molar-refractivity contribution is 5.95. The van der Waals surface area contributed by atoms with E-state index in [1.807, 2.05) is 77.1 Å². The molecule has 0 bridgehead atoms. The van der Waals surface area contributed by atoms with Crippen molar-refractivity contribution in [1.29, 1.82) is 0 Å². The van der Waals surface area contributed by atoms with E-state index in [1.54, 1.807) is 17.1 Å². The second kappa shape index (κ2) is 8.37. The van der Waals surface area contributed by atoms with Crippen LogP contribution in [0.4, 0.5) is 0 Å². The highest BCUT2D eigenvalue weighted by atomic mass is 16.5. The number of benzene rings is 1. The Hall–Kier alpha value is -3.81. The van der Waals surface area contributed by atoms with Crippen LogP contribution in [0.2, 0.25) is 0 Å². The number of nitrogens with one attached hydrogen (secondary N) is 1. The van der Waals surface area contributed by atoms with Gasteiger partial charge in [0.2, 0.25) is 0 Å². The van der Waals surface area contributed by atoms with Crippen LogP contribution < -0.4 is 5.32 Å². The van der Waals surface area contributed by atoms with E-state index in [0.717, 1.165) is 11.1 Å². The number of carbonyl (C=O) groups excluding carboxylic acids is 1. The minimum absolute atomic E-state index is 0.115. The average Bonchev–Trinajstić information content (AvgIpc) is 3.42. The molecule has 4 aromatic rings. The van der Waals surface area contributed by atoms with Gasteiger partial charge in [0.15, 0.2) is 11.6 Å². The van der Waals surface area contributed by atoms with Gasteiger partial charge in [-0.2, -0.15) is 10.1 Å². The van der Waals surface area contributed by atoms with Crippen molar-refractivity contribution in [3.05, 3.63) is 77.5 Å². The first-order chi connectivity index (χ1) is 15.2. The number of carbonyl (C=O) groups is 1. The van der Waals surface area contributed by atoms with Gasteiger partial charge >= 0.3 is 0 Å². The summed E-state index contributed by atoms with van der Waals surface area (Å²) < 4.78 is 7.02. The third-order valence-electron chi connectivity index (χ3n) is 5.21. The summed E-state index contributed by atoms with van der Waals surface area (Å²) in [5.41, 5.74) is 2.77. The van der Waals surface area contributed by atoms with E-state index in [0.29, 0.717) is 28.8 Å². The number of hydrogen-bond donors (Lipinski definition) is 1. The fourth-order valence-corrected chi connectivity index (χ4v) is 3.25. The molecule has 0 fully saturated rings. The van der Waals surface area contributed by atoms with E-state index in [1.165, 1.54) is 0 Å². The minimum atomic E-state index is -0.198. The molecule has 1 atom stereocenters. The quantitative estimate of drug-likeness (QED) is 0.503. The predicted molar refractivity (Wildman–Crippen MR) is 120 cm³/mol. The van der Waals surface area contributed by atoms with Crippen LogP contribution in [0.3, 0.4) is 0 Å². The van der Waals surface area contributed by atoms with Crippen LogP contribution in [0.25, 0.3) is 17.3 Å². The molecule has 1 N–H and O–H groups in total. The van der Waals surface area contributed by atoms with Crippen molar-refractivity contribution in [3.8, 4) is 17.3 Å². The zero-order valence-electron chi connectivity index (χ0n) is 18.8. The van der Waals surface area contributed by atoms with Crippen LogP contribution >= 0.6 is 0 Å². The highest BCUT2D eigenvalue weighted by Crippen LogP contribution is 2.24. The van der Waals surface area contributed by atoms with Gasteiger partial charge in [0.05, 0.1) is 29.1 Å². The summed E-state index contributed by atoms with van der Waals surface area (Å²) in [7, 11) is 0. The zero-order valence-corrected chi connectivity index (χ0v) is 18.8. The summed E-state index contributed by atoms with van der Waals surface area (Å²) >= 11 is 0. The molecule has 3 heterocycles. The summed E-state index contributed by atoms with van der Waals surface area (Å²) in [6.45, 7) is 9.88. The fraction of sp³-hybridized carbons (Fsp3) is 0.292. The second-order valence-electron chi connectivity index (χ2n) is 8.74. The average molecular weight is 431 g/mol. The summed E-state index contributed by atoms with van der Waals surface area (Å²) in [5, 5.41) is 11.4. The molecule has 0 aliphatic heterocycles. The molecule has 3 aromatic heterocycles. The molecule has 0 spiro atoms. The Labute approximate surface area is 186 Å². The van der Waals surface area contributed by atoms with Gasteiger partial charge in [-0.1, -0.05) is 56.3 Å². The molecule has 32 heavy (non-hydrogen) atoms. The number of nitrogens with zero attached hydrogens (tertiary/aromatic N) is 5. The molecule has 0 saturated carbocycles. The lowest BCUT2D eigenvalue weighted by Crippen LogP contribution is -2.27. The number of aromatic nitrogens is 5. The van der Waals surface area contributed by atoms with E-state index < -0.39 is 0 Å². The lowest BCUT2D eigenvalue weighted by atomic mass is 9.96. The Kier molecular flexibility index (Phi) is 5.61. The molecule has 0 radical (unpaired) electrons. The maximum Gasteiger partial charge on any atom is 0.259 e. The van der Waals surface area contributed by atoms with Crippen LogP contribution in [0.5, 0.6) is 0 Å². The Morgan fingerprint density at radius 1 is 1.09 bits per heavy atom. The lowest BCUT2D eigenvalue weighted by molar-refractivity contribution is 0.0939. The predicted octanol–water partition coefficient (Wildman–Crippen LogP) is 4.41. The molecule has 164 valence electrons. The Bertz CT molecular complexity index is 1220. The van der Waals surface area contributed by atoms with Crippen molar-refractivity contribution in [2.24, 2.45) is 0 Å². The standard InChI is InChI=1S/C24H26N6O2/c1-15(17-9-7-6-8-10-17)27-21(31)19-14-26-30(16(19)2)20-12-11-18(13-25-20)22-28-23(29-32-22)24(3,4)5/h6-15H,1-5H3,(H,27,31)/t15-/m1/s1. The summed E-state index contributed by atoms with van der Waals surface area (Å²) in [6, 6.07) is 13.4. The molecule has 1 aromatic carbocycles. The van der Waals surface area contributed by atoms with E-state index in [4.69, 9.17) is 4.52 Å². The first kappa shape index (κ1) is 21.4. The van der Waals surface area contributed by atoms with Gasteiger partial charge < -0.3 is 9.84 Å². The van der Waals surface area contributed by atoms with E-state index in [2.05, 4.69) is 25.5 Å². The lowest BCUT2D eigenvalue weighted by Gasteiger charge is -2.14. The van der Waals surface area contributed by atoms with E-state index >= 15 is 0 Å². The number of pyridine rings is 1. The molecule has 0 aliphatic rings. The smallest absolute Gasteiger partial charge is 0.259 e. The van der Waals surface area contributed by atoms with Crippen LogP contribution in [-0.2, 0) is 5.41 Å². The first-order valence-electron chi connectivity index (χ1n) is 10.5. The van der Waals surface area contributed by atoms with Crippen LogP contribution in [0.15, 0.2) is 59.4 Å². The van der Waals surface area contributed by atoms with Gasteiger partial charge in [0.1, 0.15) is 0 Å². The first-order valence-corrected chi connectivity index (χ1v) is 10.5. The molecule has 0 saturated heterocycles. The number of amides is 1. The summed E-state index contributed by atoms with van der Waals surface area (Å²) in [4.78, 5) is 21.7. The van der Waals surface area contributed by atoms with Gasteiger partial charge in [0.25, 0.3) is 11.8 Å². The molecule has 8 nitrogen and oxygen atoms in total. The molecule has 1 amide bonds. The monoisotopic (exact) mass is 430 g/mol. The van der Waals surface area contributed by atoms with Crippen molar-refractivity contribution < 1.29 is 9.32 Å². The molecule has 0 unspecified atom stereocenters. The van der Waals surface area contributed by atoms with Gasteiger partial charge in [-0.05, 0) is 31.5 Å². The third kappa shape index (κ3) is 4.30. The topological polar surface area (TPSA) is 98.7 Å². The van der Waals surface area contributed by atoms with E-state index in [9.17, 15) is 4.79 Å². The summed E-state index contributed by atoms with van der Waals surface area (Å²) in [5.74, 6) is 1.47. The fourth-order valence-electron chi connectivity index (χ4n) is 3.25. The van der Waals surface area contributed by atoms with Crippen molar-refractivity contribution in [1.82, 2.24) is 30.2 Å². The zero-order chi connectivity index (χ0) is 22.9. The van der Waals surface area contributed by atoms with Crippen LogP contribution in [0, 0.1) is 6.92 Å². The van der Waals surface area contributed by atoms with Crippen molar-refractivity contribution in [3.63, 3.8) is 0 Å². The Morgan fingerprint density at radius 2 is 1.84 bits per heavy atom. The number of rotatable bonds is 5.